The molecule has 1 aliphatic heterocycles. The van der Waals surface area contributed by atoms with Gasteiger partial charge in [0.1, 0.15) is 0 Å². The van der Waals surface area contributed by atoms with Gasteiger partial charge in [-0.1, -0.05) is 6.07 Å². The van der Waals surface area contributed by atoms with Gasteiger partial charge in [-0.25, -0.2) is 9.97 Å². The number of aryl methyl sites for hydroxylation is 2. The van der Waals surface area contributed by atoms with E-state index in [1.54, 1.807) is 11.8 Å². The van der Waals surface area contributed by atoms with Crippen molar-refractivity contribution < 1.29 is 9.59 Å². The molecule has 33 heavy (non-hydrogen) atoms. The fraction of sp³-hybridized carbons (Fsp3) is 0.280. The standard InChI is InChI=1S/C25H25N5O2S/c1-15-10-16(2)12-19(11-15)27-25-26-14-18-4-5-21-20(23(18)28-25)13-22(33-21)24(32)30-8-6-29(7-9-30)17(3)31/h4-5,10-14H,6-9H2,1-3H3,(H,26,27,28). The van der Waals surface area contributed by atoms with Crippen molar-refractivity contribution in [3.63, 3.8) is 0 Å². The summed E-state index contributed by atoms with van der Waals surface area (Å²) in [5.74, 6) is 0.593. The summed E-state index contributed by atoms with van der Waals surface area (Å²) in [7, 11) is 0. The van der Waals surface area contributed by atoms with E-state index in [-0.39, 0.29) is 11.8 Å². The minimum atomic E-state index is 0.00944. The summed E-state index contributed by atoms with van der Waals surface area (Å²) in [5.41, 5.74) is 4.12. The van der Waals surface area contributed by atoms with E-state index in [1.165, 1.54) is 22.5 Å². The highest BCUT2D eigenvalue weighted by molar-refractivity contribution is 7.21. The maximum Gasteiger partial charge on any atom is 0.264 e. The zero-order valence-corrected chi connectivity index (χ0v) is 19.7. The van der Waals surface area contributed by atoms with E-state index in [9.17, 15) is 9.59 Å². The van der Waals surface area contributed by atoms with Gasteiger partial charge in [0.15, 0.2) is 0 Å². The highest BCUT2D eigenvalue weighted by Crippen LogP contribution is 2.32. The molecule has 0 unspecified atom stereocenters. The zero-order valence-electron chi connectivity index (χ0n) is 18.9. The van der Waals surface area contributed by atoms with Gasteiger partial charge in [0.25, 0.3) is 5.91 Å². The lowest BCUT2D eigenvalue weighted by atomic mass is 10.1. The molecule has 1 saturated heterocycles. The van der Waals surface area contributed by atoms with Crippen LogP contribution < -0.4 is 5.32 Å². The molecule has 0 saturated carbocycles. The van der Waals surface area contributed by atoms with E-state index in [0.717, 1.165) is 26.7 Å². The molecule has 1 aliphatic rings. The summed E-state index contributed by atoms with van der Waals surface area (Å²) in [6.07, 6.45) is 1.81. The average Bonchev–Trinajstić information content (AvgIpc) is 3.23. The number of nitrogens with zero attached hydrogens (tertiary/aromatic N) is 4. The lowest BCUT2D eigenvalue weighted by Gasteiger charge is -2.33. The monoisotopic (exact) mass is 459 g/mol. The molecule has 0 radical (unpaired) electrons. The number of benzene rings is 2. The topological polar surface area (TPSA) is 78.4 Å². The van der Waals surface area contributed by atoms with E-state index in [0.29, 0.717) is 37.0 Å². The number of piperazine rings is 1. The quantitative estimate of drug-likeness (QED) is 0.488. The fourth-order valence-corrected chi connectivity index (χ4v) is 5.36. The van der Waals surface area contributed by atoms with Gasteiger partial charge < -0.3 is 15.1 Å². The zero-order chi connectivity index (χ0) is 23.1. The number of aromatic nitrogens is 2. The van der Waals surface area contributed by atoms with E-state index < -0.39 is 0 Å². The number of anilines is 2. The number of amides is 2. The van der Waals surface area contributed by atoms with Crippen molar-refractivity contribution in [2.75, 3.05) is 31.5 Å². The van der Waals surface area contributed by atoms with Crippen LogP contribution in [0.4, 0.5) is 11.6 Å². The molecule has 2 amide bonds. The summed E-state index contributed by atoms with van der Waals surface area (Å²) in [5, 5.41) is 5.19. The van der Waals surface area contributed by atoms with Crippen LogP contribution >= 0.6 is 11.3 Å². The number of thiophene rings is 1. The lowest BCUT2D eigenvalue weighted by molar-refractivity contribution is -0.130. The molecule has 0 aliphatic carbocycles. The van der Waals surface area contributed by atoms with Crippen LogP contribution in [0.3, 0.4) is 0 Å². The summed E-state index contributed by atoms with van der Waals surface area (Å²) >= 11 is 1.48. The Morgan fingerprint density at radius 2 is 1.67 bits per heavy atom. The highest BCUT2D eigenvalue weighted by Gasteiger charge is 2.24. The first-order chi connectivity index (χ1) is 15.9. The number of carbonyl (C=O) groups is 2. The Hall–Kier alpha value is -3.52. The second kappa shape index (κ2) is 8.44. The molecule has 0 atom stereocenters. The molecular weight excluding hydrogens is 434 g/mol. The Morgan fingerprint density at radius 3 is 2.36 bits per heavy atom. The van der Waals surface area contributed by atoms with Crippen molar-refractivity contribution in [2.24, 2.45) is 0 Å². The maximum atomic E-state index is 13.1. The second-order valence-corrected chi connectivity index (χ2v) is 9.60. The Kier molecular flexibility index (Phi) is 5.46. The molecule has 168 valence electrons. The largest absolute Gasteiger partial charge is 0.339 e. The van der Waals surface area contributed by atoms with Crippen LogP contribution in [0.2, 0.25) is 0 Å². The van der Waals surface area contributed by atoms with E-state index in [1.807, 2.05) is 29.3 Å². The third kappa shape index (κ3) is 4.26. The van der Waals surface area contributed by atoms with Gasteiger partial charge in [-0.05, 0) is 55.3 Å². The molecule has 3 heterocycles. The van der Waals surface area contributed by atoms with Gasteiger partial charge in [-0.15, -0.1) is 11.3 Å². The number of fused-ring (bicyclic) bond motifs is 3. The molecule has 7 nitrogen and oxygen atoms in total. The van der Waals surface area contributed by atoms with Crippen LogP contribution in [-0.4, -0.2) is 57.8 Å². The summed E-state index contributed by atoms with van der Waals surface area (Å²) in [6.45, 7) is 7.96. The number of nitrogens with one attached hydrogen (secondary N) is 1. The van der Waals surface area contributed by atoms with Gasteiger partial charge in [0, 0.05) is 60.5 Å². The Labute approximate surface area is 196 Å². The maximum absolute atomic E-state index is 13.1. The molecule has 0 bridgehead atoms. The predicted molar refractivity (Wildman–Crippen MR) is 132 cm³/mol. The molecular formula is C25H25N5O2S. The predicted octanol–water partition coefficient (Wildman–Crippen LogP) is 4.51. The van der Waals surface area contributed by atoms with Gasteiger partial charge in [0.05, 0.1) is 10.4 Å². The molecule has 1 N–H and O–H groups in total. The minimum Gasteiger partial charge on any atom is -0.339 e. The molecule has 2 aromatic carbocycles. The third-order valence-electron chi connectivity index (χ3n) is 5.95. The van der Waals surface area contributed by atoms with Crippen LogP contribution in [0.5, 0.6) is 0 Å². The normalized spacial score (nSPS) is 14.2. The van der Waals surface area contributed by atoms with Crippen LogP contribution in [0.1, 0.15) is 27.7 Å². The van der Waals surface area contributed by atoms with Gasteiger partial charge in [0.2, 0.25) is 11.9 Å². The van der Waals surface area contributed by atoms with Crippen molar-refractivity contribution in [1.82, 2.24) is 19.8 Å². The molecule has 8 heteroatoms. The SMILES string of the molecule is CC(=O)N1CCN(C(=O)c2cc3c(ccc4cnc(Nc5cc(C)cc(C)c5)nc43)s2)CC1. The Balaban J connectivity index is 1.45. The number of hydrogen-bond acceptors (Lipinski definition) is 6. The van der Waals surface area contributed by atoms with Crippen molar-refractivity contribution in [1.29, 1.82) is 0 Å². The van der Waals surface area contributed by atoms with E-state index in [4.69, 9.17) is 4.98 Å². The molecule has 5 rings (SSSR count). The van der Waals surface area contributed by atoms with Crippen LogP contribution in [0.25, 0.3) is 21.0 Å². The number of carbonyl (C=O) groups excluding carboxylic acids is 2. The van der Waals surface area contributed by atoms with Gasteiger partial charge in [-0.2, -0.15) is 0 Å². The van der Waals surface area contributed by atoms with Gasteiger partial charge >= 0.3 is 0 Å². The minimum absolute atomic E-state index is 0.00944. The van der Waals surface area contributed by atoms with Crippen molar-refractivity contribution in [3.05, 3.63) is 58.6 Å². The van der Waals surface area contributed by atoms with Crippen molar-refractivity contribution >= 4 is 55.8 Å². The van der Waals surface area contributed by atoms with Crippen LogP contribution in [-0.2, 0) is 4.79 Å². The van der Waals surface area contributed by atoms with Crippen LogP contribution in [0, 0.1) is 13.8 Å². The number of hydrogen-bond donors (Lipinski definition) is 1. The summed E-state index contributed by atoms with van der Waals surface area (Å²) < 4.78 is 1.02. The second-order valence-electron chi connectivity index (χ2n) is 8.52. The summed E-state index contributed by atoms with van der Waals surface area (Å²) in [6, 6.07) is 12.2. The molecule has 1 fully saturated rings. The van der Waals surface area contributed by atoms with Crippen molar-refractivity contribution in [2.45, 2.75) is 20.8 Å². The Bertz CT molecular complexity index is 1370. The van der Waals surface area contributed by atoms with Gasteiger partial charge in [-0.3, -0.25) is 9.59 Å². The van der Waals surface area contributed by atoms with E-state index >= 15 is 0 Å². The third-order valence-corrected chi connectivity index (χ3v) is 7.04. The molecule has 0 spiro atoms. The Morgan fingerprint density at radius 1 is 0.970 bits per heavy atom. The van der Waals surface area contributed by atoms with Crippen molar-refractivity contribution in [3.8, 4) is 0 Å². The smallest absolute Gasteiger partial charge is 0.264 e. The summed E-state index contributed by atoms with van der Waals surface area (Å²) in [4.78, 5) is 38.3. The molecule has 4 aromatic rings. The lowest BCUT2D eigenvalue weighted by Crippen LogP contribution is -2.49. The van der Waals surface area contributed by atoms with Crippen LogP contribution in [0.15, 0.2) is 42.6 Å². The highest BCUT2D eigenvalue weighted by atomic mass is 32.1. The molecule has 2 aromatic heterocycles. The van der Waals surface area contributed by atoms with E-state index in [2.05, 4.69) is 42.3 Å². The number of rotatable bonds is 3. The fourth-order valence-electron chi connectivity index (χ4n) is 4.33. The first-order valence-electron chi connectivity index (χ1n) is 11.0. The average molecular weight is 460 g/mol. The first-order valence-corrected chi connectivity index (χ1v) is 11.8. The first kappa shape index (κ1) is 21.3.